The molecule has 22 heteroatoms. The molecule has 0 saturated carbocycles. The molecule has 4 aromatic rings. The van der Waals surface area contributed by atoms with E-state index in [1.54, 1.807) is 0 Å². The number of nitrogens with two attached hydrogens (primary N) is 2. The van der Waals surface area contributed by atoms with Crippen molar-refractivity contribution in [3.8, 4) is 34.5 Å². The summed E-state index contributed by atoms with van der Waals surface area (Å²) in [6, 6.07) is 6.59. The summed E-state index contributed by atoms with van der Waals surface area (Å²) in [7, 11) is 0. The largest absolute Gasteiger partial charge is 0.457 e. The molecule has 0 heterocycles. The van der Waals surface area contributed by atoms with Gasteiger partial charge in [0.2, 0.25) is 17.2 Å². The molecule has 0 aromatic heterocycles. The van der Waals surface area contributed by atoms with E-state index in [0.717, 1.165) is 12.1 Å². The average molecular weight is 851 g/mol. The first-order valence-electron chi connectivity index (χ1n) is 15.7. The average Bonchev–Trinajstić information content (AvgIpc) is 3.10. The molecule has 312 valence electrons. The first-order valence-corrected chi connectivity index (χ1v) is 15.7. The minimum atomic E-state index is -6.18. The van der Waals surface area contributed by atoms with Crippen molar-refractivity contribution in [1.82, 2.24) is 0 Å². The third-order valence-corrected chi connectivity index (χ3v) is 7.60. The Morgan fingerprint density at radius 1 is 0.441 bits per heavy atom. The van der Waals surface area contributed by atoms with E-state index in [0.29, 0.717) is 60.7 Å². The SMILES string of the molecule is NC(=O)/C=C\C(=O)Oc1ccc(Oc2ccc(C(c3ccc(Oc4ccc(OC(=O)/C=C\C(N)=O)cc4C(F)(F)F)cc3)(C(F)(F)F)C(F)(F)F)cc2)c(C(F)(F)F)c1. The van der Waals surface area contributed by atoms with Crippen LogP contribution in [0.4, 0.5) is 52.7 Å². The van der Waals surface area contributed by atoms with E-state index in [1.165, 1.54) is 0 Å². The van der Waals surface area contributed by atoms with Crippen molar-refractivity contribution >= 4 is 23.8 Å². The Labute approximate surface area is 322 Å². The van der Waals surface area contributed by atoms with E-state index in [9.17, 15) is 71.9 Å². The van der Waals surface area contributed by atoms with Crippen LogP contribution in [0.2, 0.25) is 0 Å². The van der Waals surface area contributed by atoms with Crippen molar-refractivity contribution in [2.75, 3.05) is 0 Å². The monoisotopic (exact) mass is 850 g/mol. The summed E-state index contributed by atoms with van der Waals surface area (Å²) in [4.78, 5) is 45.0. The molecular weight excluding hydrogens is 828 g/mol. The maximum Gasteiger partial charge on any atom is 0.420 e. The lowest BCUT2D eigenvalue weighted by atomic mass is 9.73. The molecule has 0 atom stereocenters. The standard InChI is InChI=1S/C37H22F12N2O8/c38-34(39,40)25-17-23(58-31(54)15-13-29(50)52)9-11-27(25)56-21-5-1-19(2-6-21)33(36(44,45)46,37(47,48)49)20-3-7-22(8-4-20)57-28-12-10-24(18-26(28)35(41,42)43)59-32(55)16-14-30(51)53/h1-18H,(H2,50,52)(H2,51,53)/b15-13-,16-14-. The Bertz CT molecular complexity index is 2120. The second-order valence-corrected chi connectivity index (χ2v) is 11.6. The number of primary amides is 2. The van der Waals surface area contributed by atoms with Crippen molar-refractivity contribution < 1.29 is 90.8 Å². The maximum absolute atomic E-state index is 14.8. The van der Waals surface area contributed by atoms with E-state index in [4.69, 9.17) is 20.9 Å². The second kappa shape index (κ2) is 16.8. The number of carbonyl (C=O) groups is 4. The van der Waals surface area contributed by atoms with Crippen LogP contribution < -0.4 is 30.4 Å². The summed E-state index contributed by atoms with van der Waals surface area (Å²) in [6.45, 7) is 0. The summed E-state index contributed by atoms with van der Waals surface area (Å²) in [5.74, 6) is -9.57. The minimum absolute atomic E-state index is 0.281. The molecule has 2 amide bonds. The molecule has 0 saturated heterocycles. The molecule has 59 heavy (non-hydrogen) atoms. The predicted octanol–water partition coefficient (Wildman–Crippen LogP) is 8.61. The van der Waals surface area contributed by atoms with Crippen LogP contribution in [0.1, 0.15) is 22.3 Å². The zero-order chi connectivity index (χ0) is 44.1. The molecule has 0 unspecified atom stereocenters. The number of hydrogen-bond acceptors (Lipinski definition) is 8. The Balaban J connectivity index is 1.68. The smallest absolute Gasteiger partial charge is 0.420 e. The van der Waals surface area contributed by atoms with Crippen molar-refractivity contribution in [3.05, 3.63) is 131 Å². The fourth-order valence-electron chi connectivity index (χ4n) is 5.15. The van der Waals surface area contributed by atoms with Crippen LogP contribution in [0.3, 0.4) is 0 Å². The number of alkyl halides is 12. The number of ether oxygens (including phenoxy) is 4. The van der Waals surface area contributed by atoms with Gasteiger partial charge >= 0.3 is 36.6 Å². The number of benzene rings is 4. The third-order valence-electron chi connectivity index (χ3n) is 7.60. The molecule has 0 aliphatic heterocycles. The molecule has 0 aliphatic carbocycles. The molecule has 0 radical (unpaired) electrons. The van der Waals surface area contributed by atoms with Crippen LogP contribution in [0.25, 0.3) is 0 Å². The summed E-state index contributed by atoms with van der Waals surface area (Å²) in [5.41, 5.74) is -1.39. The quantitative estimate of drug-likeness (QED) is 0.0621. The van der Waals surface area contributed by atoms with Gasteiger partial charge in [0.1, 0.15) is 45.6 Å². The van der Waals surface area contributed by atoms with E-state index >= 15 is 0 Å². The normalized spacial score (nSPS) is 12.7. The summed E-state index contributed by atoms with van der Waals surface area (Å²) >= 11 is 0. The number of hydrogen-bond donors (Lipinski definition) is 2. The van der Waals surface area contributed by atoms with Crippen LogP contribution in [-0.2, 0) is 36.9 Å². The Morgan fingerprint density at radius 3 is 1.02 bits per heavy atom. The van der Waals surface area contributed by atoms with Gasteiger partial charge in [0, 0.05) is 24.3 Å². The highest BCUT2D eigenvalue weighted by Gasteiger charge is 2.72. The number of esters is 2. The highest BCUT2D eigenvalue weighted by atomic mass is 19.4. The van der Waals surface area contributed by atoms with E-state index in [1.807, 2.05) is 0 Å². The van der Waals surface area contributed by atoms with Gasteiger partial charge in [-0.15, -0.1) is 0 Å². The zero-order valence-electron chi connectivity index (χ0n) is 28.8. The lowest BCUT2D eigenvalue weighted by molar-refractivity contribution is -0.288. The van der Waals surface area contributed by atoms with Gasteiger partial charge in [-0.1, -0.05) is 24.3 Å². The fraction of sp³-hybridized carbons (Fsp3) is 0.135. The summed E-state index contributed by atoms with van der Waals surface area (Å²) < 4.78 is 192. The second-order valence-electron chi connectivity index (χ2n) is 11.6. The molecule has 4 rings (SSSR count). The van der Waals surface area contributed by atoms with E-state index in [2.05, 4.69) is 9.47 Å². The van der Waals surface area contributed by atoms with Crippen molar-refractivity contribution in [2.45, 2.75) is 30.1 Å². The van der Waals surface area contributed by atoms with Gasteiger partial charge in [0.15, 0.2) is 0 Å². The van der Waals surface area contributed by atoms with Crippen molar-refractivity contribution in [3.63, 3.8) is 0 Å². The first-order chi connectivity index (χ1) is 27.2. The van der Waals surface area contributed by atoms with E-state index in [-0.39, 0.29) is 36.4 Å². The van der Waals surface area contributed by atoms with Crippen LogP contribution in [-0.4, -0.2) is 36.1 Å². The molecule has 10 nitrogen and oxygen atoms in total. The van der Waals surface area contributed by atoms with Crippen molar-refractivity contribution in [2.24, 2.45) is 11.5 Å². The van der Waals surface area contributed by atoms with Gasteiger partial charge in [-0.25, -0.2) is 9.59 Å². The van der Waals surface area contributed by atoms with Gasteiger partial charge in [-0.2, -0.15) is 52.7 Å². The Kier molecular flexibility index (Phi) is 12.8. The first kappa shape index (κ1) is 44.7. The van der Waals surface area contributed by atoms with Crippen LogP contribution in [0, 0.1) is 0 Å². The van der Waals surface area contributed by atoms with Crippen LogP contribution >= 0.6 is 0 Å². The maximum atomic E-state index is 14.8. The zero-order valence-corrected chi connectivity index (χ0v) is 28.8. The molecule has 0 aliphatic rings. The number of carbonyl (C=O) groups excluding carboxylic acids is 4. The number of amides is 2. The molecule has 0 bridgehead atoms. The highest BCUT2D eigenvalue weighted by molar-refractivity contribution is 5.95. The van der Waals surface area contributed by atoms with Gasteiger partial charge in [-0.05, 0) is 71.8 Å². The lowest BCUT2D eigenvalue weighted by Crippen LogP contribution is -2.54. The molecule has 4 N–H and O–H groups in total. The Morgan fingerprint density at radius 2 is 0.746 bits per heavy atom. The fourth-order valence-corrected chi connectivity index (χ4v) is 5.15. The number of rotatable bonds is 12. The van der Waals surface area contributed by atoms with Crippen molar-refractivity contribution in [1.29, 1.82) is 0 Å². The molecule has 0 fully saturated rings. The number of halogens is 12. The Hall–Kier alpha value is -7.00. The molecule has 0 spiro atoms. The van der Waals surface area contributed by atoms with Gasteiger partial charge in [0.25, 0.3) is 0 Å². The highest BCUT2D eigenvalue weighted by Crippen LogP contribution is 2.57. The summed E-state index contributed by atoms with van der Waals surface area (Å²) in [6.07, 6.45) is -20.6. The lowest BCUT2D eigenvalue weighted by Gasteiger charge is -2.38. The molecule has 4 aromatic carbocycles. The summed E-state index contributed by atoms with van der Waals surface area (Å²) in [5, 5.41) is 0. The predicted molar refractivity (Wildman–Crippen MR) is 177 cm³/mol. The van der Waals surface area contributed by atoms with Gasteiger partial charge < -0.3 is 30.4 Å². The minimum Gasteiger partial charge on any atom is -0.457 e. The topological polar surface area (TPSA) is 157 Å². The van der Waals surface area contributed by atoms with E-state index < -0.39 is 111 Å². The van der Waals surface area contributed by atoms with Gasteiger partial charge in [0.05, 0.1) is 0 Å². The van der Waals surface area contributed by atoms with Crippen LogP contribution in [0.15, 0.2) is 109 Å². The van der Waals surface area contributed by atoms with Gasteiger partial charge in [-0.3, -0.25) is 9.59 Å². The van der Waals surface area contributed by atoms with Crippen LogP contribution in [0.5, 0.6) is 34.5 Å². The molecular formula is C37H22F12N2O8. The third kappa shape index (κ3) is 10.7.